The van der Waals surface area contributed by atoms with Crippen molar-refractivity contribution in [2.24, 2.45) is 0 Å². The van der Waals surface area contributed by atoms with Crippen molar-refractivity contribution in [2.75, 3.05) is 26.3 Å². The molecule has 0 aliphatic carbocycles. The summed E-state index contributed by atoms with van der Waals surface area (Å²) in [6.07, 6.45) is 0. The Bertz CT molecular complexity index is 579. The summed E-state index contributed by atoms with van der Waals surface area (Å²) in [5, 5.41) is 0. The van der Waals surface area contributed by atoms with Crippen LogP contribution in [0.3, 0.4) is 0 Å². The van der Waals surface area contributed by atoms with E-state index in [2.05, 4.69) is 0 Å². The second kappa shape index (κ2) is 6.37. The number of benzene rings is 1. The molecule has 0 unspecified atom stereocenters. The summed E-state index contributed by atoms with van der Waals surface area (Å²) >= 11 is 0. The van der Waals surface area contributed by atoms with Crippen molar-refractivity contribution in [1.82, 2.24) is 4.90 Å². The van der Waals surface area contributed by atoms with Gasteiger partial charge in [0.2, 0.25) is 0 Å². The first-order valence-corrected chi connectivity index (χ1v) is 8.33. The average molecular weight is 339 g/mol. The Kier molecular flexibility index (Phi) is 4.72. The Labute approximate surface area is 142 Å². The van der Waals surface area contributed by atoms with Gasteiger partial charge in [-0.2, -0.15) is 0 Å². The Morgan fingerprint density at radius 2 is 1.50 bits per heavy atom. The van der Waals surface area contributed by atoms with Crippen molar-refractivity contribution in [1.29, 1.82) is 0 Å². The minimum atomic E-state index is -0.767. The van der Waals surface area contributed by atoms with Crippen LogP contribution in [0, 0.1) is 11.6 Å². The normalized spacial score (nSPS) is 23.7. The Morgan fingerprint density at radius 3 is 2.00 bits per heavy atom. The smallest absolute Gasteiger partial charge is 0.399 e. The van der Waals surface area contributed by atoms with E-state index in [0.717, 1.165) is 0 Å². The molecule has 24 heavy (non-hydrogen) atoms. The summed E-state index contributed by atoms with van der Waals surface area (Å²) in [6, 6.07) is 2.64. The zero-order valence-corrected chi connectivity index (χ0v) is 14.7. The third-order valence-electron chi connectivity index (χ3n) is 5.17. The molecule has 2 heterocycles. The van der Waals surface area contributed by atoms with Crippen LogP contribution in [0.1, 0.15) is 33.3 Å². The van der Waals surface area contributed by atoms with Gasteiger partial charge in [0.05, 0.1) is 24.4 Å². The van der Waals surface area contributed by atoms with Crippen molar-refractivity contribution >= 4 is 12.6 Å². The number of halogens is 2. The highest BCUT2D eigenvalue weighted by atomic mass is 19.1. The lowest BCUT2D eigenvalue weighted by Gasteiger charge is -2.32. The quantitative estimate of drug-likeness (QED) is 0.790. The van der Waals surface area contributed by atoms with Gasteiger partial charge in [-0.15, -0.1) is 0 Å². The number of hydrogen-bond donors (Lipinski definition) is 0. The first kappa shape index (κ1) is 17.8. The molecule has 0 bridgehead atoms. The van der Waals surface area contributed by atoms with Gasteiger partial charge in [-0.3, -0.25) is 4.90 Å². The van der Waals surface area contributed by atoms with Crippen LogP contribution >= 0.6 is 0 Å². The highest BCUT2D eigenvalue weighted by Gasteiger charge is 2.52. The predicted molar refractivity (Wildman–Crippen MR) is 88.2 cm³/mol. The van der Waals surface area contributed by atoms with E-state index in [1.807, 2.05) is 32.6 Å². The van der Waals surface area contributed by atoms with Gasteiger partial charge >= 0.3 is 7.12 Å². The standard InChI is InChI=1S/C17H24BF2NO3/c1-16(2)17(3,4)24-18(23-16)12-9-14(19)13(15(20)10-12)11-21-5-7-22-8-6-21/h9-10H,5-8,11H2,1-4H3. The highest BCUT2D eigenvalue weighted by molar-refractivity contribution is 6.62. The van der Waals surface area contributed by atoms with Gasteiger partial charge < -0.3 is 14.0 Å². The molecule has 0 N–H and O–H groups in total. The molecule has 0 radical (unpaired) electrons. The van der Waals surface area contributed by atoms with E-state index in [1.54, 1.807) is 0 Å². The first-order chi connectivity index (χ1) is 11.2. The average Bonchev–Trinajstić information content (AvgIpc) is 2.72. The molecule has 0 amide bonds. The summed E-state index contributed by atoms with van der Waals surface area (Å²) in [5.41, 5.74) is -0.639. The van der Waals surface area contributed by atoms with E-state index in [9.17, 15) is 8.78 Å². The monoisotopic (exact) mass is 339 g/mol. The van der Waals surface area contributed by atoms with Crippen LogP contribution in [0.25, 0.3) is 0 Å². The van der Waals surface area contributed by atoms with Crippen molar-refractivity contribution in [3.8, 4) is 0 Å². The van der Waals surface area contributed by atoms with Crippen LogP contribution in [0.5, 0.6) is 0 Å². The molecule has 2 aliphatic heterocycles. The van der Waals surface area contributed by atoms with Crippen LogP contribution in [-0.2, 0) is 20.6 Å². The fourth-order valence-corrected chi connectivity index (χ4v) is 2.87. The van der Waals surface area contributed by atoms with Gasteiger partial charge in [-0.1, -0.05) is 0 Å². The first-order valence-electron chi connectivity index (χ1n) is 8.33. The fourth-order valence-electron chi connectivity index (χ4n) is 2.87. The van der Waals surface area contributed by atoms with E-state index in [1.165, 1.54) is 12.1 Å². The second-order valence-electron chi connectivity index (χ2n) is 7.44. The SMILES string of the molecule is CC1(C)OB(c2cc(F)c(CN3CCOCC3)c(F)c2)OC1(C)C. The molecular weight excluding hydrogens is 315 g/mol. The third kappa shape index (κ3) is 3.35. The molecule has 1 aromatic carbocycles. The van der Waals surface area contributed by atoms with Gasteiger partial charge in [-0.05, 0) is 45.3 Å². The molecule has 4 nitrogen and oxygen atoms in total. The minimum absolute atomic E-state index is 0.0807. The van der Waals surface area contributed by atoms with Crippen molar-refractivity contribution in [3.63, 3.8) is 0 Å². The third-order valence-corrected chi connectivity index (χ3v) is 5.17. The van der Waals surface area contributed by atoms with E-state index in [-0.39, 0.29) is 12.1 Å². The molecule has 2 aliphatic rings. The molecule has 0 atom stereocenters. The number of nitrogens with zero attached hydrogens (tertiary/aromatic N) is 1. The molecular formula is C17H24BF2NO3. The summed E-state index contributed by atoms with van der Waals surface area (Å²) < 4.78 is 46.0. The van der Waals surface area contributed by atoms with Gasteiger partial charge in [0.25, 0.3) is 0 Å². The van der Waals surface area contributed by atoms with E-state index >= 15 is 0 Å². The Hall–Kier alpha value is -1.02. The summed E-state index contributed by atoms with van der Waals surface area (Å²) in [5.74, 6) is -1.13. The molecule has 1 aromatic rings. The van der Waals surface area contributed by atoms with Crippen LogP contribution in [-0.4, -0.2) is 49.5 Å². The van der Waals surface area contributed by atoms with Gasteiger partial charge in [0.15, 0.2) is 0 Å². The zero-order chi connectivity index (χ0) is 17.5. The maximum absolute atomic E-state index is 14.5. The van der Waals surface area contributed by atoms with Crippen LogP contribution in [0.15, 0.2) is 12.1 Å². The number of morpholine rings is 1. The maximum Gasteiger partial charge on any atom is 0.495 e. The van der Waals surface area contributed by atoms with Gasteiger partial charge in [0, 0.05) is 25.2 Å². The summed E-state index contributed by atoms with van der Waals surface area (Å²) in [6.45, 7) is 10.4. The maximum atomic E-state index is 14.5. The van der Waals surface area contributed by atoms with E-state index in [4.69, 9.17) is 14.0 Å². The van der Waals surface area contributed by atoms with E-state index < -0.39 is 30.0 Å². The topological polar surface area (TPSA) is 30.9 Å². The largest absolute Gasteiger partial charge is 0.495 e. The summed E-state index contributed by atoms with van der Waals surface area (Å²) in [4.78, 5) is 1.99. The lowest BCUT2D eigenvalue weighted by molar-refractivity contribution is 0.00578. The molecule has 0 saturated carbocycles. The lowest BCUT2D eigenvalue weighted by Crippen LogP contribution is -2.41. The fraction of sp³-hybridized carbons (Fsp3) is 0.647. The van der Waals surface area contributed by atoms with Crippen LogP contribution < -0.4 is 5.46 Å². The van der Waals surface area contributed by atoms with E-state index in [0.29, 0.717) is 31.8 Å². The molecule has 2 fully saturated rings. The molecule has 3 rings (SSSR count). The van der Waals surface area contributed by atoms with Crippen LogP contribution in [0.4, 0.5) is 8.78 Å². The van der Waals surface area contributed by atoms with Crippen LogP contribution in [0.2, 0.25) is 0 Å². The minimum Gasteiger partial charge on any atom is -0.399 e. The summed E-state index contributed by atoms with van der Waals surface area (Å²) in [7, 11) is -0.767. The Morgan fingerprint density at radius 1 is 1.00 bits per heavy atom. The zero-order valence-electron chi connectivity index (χ0n) is 14.7. The molecule has 132 valence electrons. The molecule has 2 saturated heterocycles. The molecule has 0 spiro atoms. The lowest BCUT2D eigenvalue weighted by atomic mass is 9.78. The number of rotatable bonds is 3. The van der Waals surface area contributed by atoms with Gasteiger partial charge in [-0.25, -0.2) is 8.78 Å². The number of hydrogen-bond acceptors (Lipinski definition) is 4. The van der Waals surface area contributed by atoms with Crippen molar-refractivity contribution in [2.45, 2.75) is 45.4 Å². The molecule has 7 heteroatoms. The highest BCUT2D eigenvalue weighted by Crippen LogP contribution is 2.36. The molecule has 0 aromatic heterocycles. The van der Waals surface area contributed by atoms with Crippen molar-refractivity contribution in [3.05, 3.63) is 29.3 Å². The number of ether oxygens (including phenoxy) is 1. The Balaban J connectivity index is 1.80. The van der Waals surface area contributed by atoms with Crippen molar-refractivity contribution < 1.29 is 22.8 Å². The predicted octanol–water partition coefficient (Wildman–Crippen LogP) is 2.10. The van der Waals surface area contributed by atoms with Gasteiger partial charge in [0.1, 0.15) is 11.6 Å². The second-order valence-corrected chi connectivity index (χ2v) is 7.44.